The molecule has 4 nitrogen and oxygen atoms in total. The minimum absolute atomic E-state index is 0. The van der Waals surface area contributed by atoms with Crippen molar-refractivity contribution >= 4 is 37.2 Å². The quantitative estimate of drug-likeness (QED) is 0.116. The number of halogens is 4. The maximum atomic E-state index is 10.3. The summed E-state index contributed by atoms with van der Waals surface area (Å²) in [7, 11) is 19.6. The Kier molecular flexibility index (Phi) is 33.0. The Morgan fingerprint density at radius 3 is 0.758 bits per heavy atom. The fourth-order valence-electron chi connectivity index (χ4n) is 9.97. The Hall–Kier alpha value is -1.01. The molecule has 6 rings (SSSR count). The normalized spacial score (nSPS) is 23.8. The van der Waals surface area contributed by atoms with Gasteiger partial charge in [-0.3, -0.25) is 9.80 Å². The molecule has 2 saturated carbocycles. The molecule has 2 N–H and O–H groups in total. The predicted octanol–water partition coefficient (Wildman–Crippen LogP) is 17.1. The van der Waals surface area contributed by atoms with Crippen molar-refractivity contribution in [1.82, 2.24) is 9.80 Å². The molecule has 0 unspecified atom stereocenters. The van der Waals surface area contributed by atoms with Crippen molar-refractivity contribution in [1.29, 1.82) is 0 Å². The third-order valence-electron chi connectivity index (χ3n) is 15.4. The van der Waals surface area contributed by atoms with Gasteiger partial charge in [0.25, 0.3) is 0 Å². The first-order valence-electron chi connectivity index (χ1n) is 23.3. The van der Waals surface area contributed by atoms with E-state index in [1.165, 1.54) is 22.3 Å². The summed E-state index contributed by atoms with van der Waals surface area (Å²) in [6.07, 6.45) is 0. The Labute approximate surface area is 438 Å². The number of phenols is 2. The van der Waals surface area contributed by atoms with E-state index in [2.05, 4.69) is 164 Å². The molecule has 66 heavy (non-hydrogen) atoms. The monoisotopic (exact) mass is 1050 g/mol. The van der Waals surface area contributed by atoms with Gasteiger partial charge < -0.3 is 25.1 Å². The van der Waals surface area contributed by atoms with Crippen molar-refractivity contribution in [2.75, 3.05) is 13.1 Å². The van der Waals surface area contributed by atoms with E-state index in [-0.39, 0.29) is 14.9 Å². The molecule has 0 saturated heterocycles. The van der Waals surface area contributed by atoms with E-state index < -0.39 is 34.1 Å². The fourth-order valence-corrected chi connectivity index (χ4v) is 9.97. The summed E-state index contributed by atoms with van der Waals surface area (Å²) in [6.45, 7) is 37.0. The SMILES string of the molecule is CC1C(C)C(C)C(C)C1C.CC1C(C)C(C)C(C)C1C.Cc1cc(CN(CCN(Cc2ccccc2)Cc2cc(C)c(O)c(C)c2)Cc2ccccc2)cc(C)c1O.[CH3-].[CH3-].[Cl][Ti][Cl].[Cl][Ti][Cl]. The van der Waals surface area contributed by atoms with E-state index in [9.17, 15) is 10.2 Å². The second kappa shape index (κ2) is 33.6. The molecule has 0 atom stereocenters. The molecule has 370 valence electrons. The third kappa shape index (κ3) is 20.8. The molecule has 0 aromatic heterocycles. The zero-order valence-corrected chi connectivity index (χ0v) is 49.5. The molecule has 10 heteroatoms. The van der Waals surface area contributed by atoms with Crippen LogP contribution in [0.3, 0.4) is 0 Å². The number of phenolic OH excluding ortho intramolecular Hbond substituents is 2. The van der Waals surface area contributed by atoms with Gasteiger partial charge in [-0.2, -0.15) is 0 Å². The number of aromatic hydroxyl groups is 2. The van der Waals surface area contributed by atoms with Gasteiger partial charge in [0.05, 0.1) is 0 Å². The van der Waals surface area contributed by atoms with Gasteiger partial charge in [-0.15, -0.1) is 0 Å². The number of hydrogen-bond acceptors (Lipinski definition) is 4. The van der Waals surface area contributed by atoms with E-state index in [0.29, 0.717) is 11.5 Å². The maximum absolute atomic E-state index is 10.3. The van der Waals surface area contributed by atoms with Crippen LogP contribution in [-0.4, -0.2) is 33.1 Å². The van der Waals surface area contributed by atoms with Crippen LogP contribution in [0.25, 0.3) is 0 Å². The molecular weight excluding hydrogens is 970 g/mol. The number of nitrogens with zero attached hydrogens (tertiary/aromatic N) is 2. The summed E-state index contributed by atoms with van der Waals surface area (Å²) in [5.41, 5.74) is 8.69. The van der Waals surface area contributed by atoms with Gasteiger partial charge in [0.2, 0.25) is 0 Å². The molecule has 0 radical (unpaired) electrons. The van der Waals surface area contributed by atoms with E-state index >= 15 is 0 Å². The molecule has 0 heterocycles. The van der Waals surface area contributed by atoms with E-state index in [1.807, 2.05) is 27.7 Å². The van der Waals surface area contributed by atoms with Gasteiger partial charge in [-0.1, -0.05) is 154 Å². The summed E-state index contributed by atoms with van der Waals surface area (Å²) in [4.78, 5) is 4.98. The molecule has 4 aromatic carbocycles. The second-order valence-corrected chi connectivity index (χ2v) is 24.4. The van der Waals surface area contributed by atoms with E-state index in [0.717, 1.165) is 121 Å². The van der Waals surface area contributed by atoms with Gasteiger partial charge in [-0.05, 0) is 131 Å². The topological polar surface area (TPSA) is 46.9 Å². The average Bonchev–Trinajstić information content (AvgIpc) is 3.54. The molecule has 2 aliphatic rings. The van der Waals surface area contributed by atoms with Crippen molar-refractivity contribution in [3.05, 3.63) is 144 Å². The summed E-state index contributed by atoms with van der Waals surface area (Å²) >= 11 is -1.11. The number of aryl methyl sites for hydroxylation is 4. The molecular formula is C56H86Cl4N2O2Ti2-2. The first kappa shape index (κ1) is 65.0. The van der Waals surface area contributed by atoms with Crippen LogP contribution in [-0.2, 0) is 60.2 Å². The average molecular weight is 1060 g/mol. The van der Waals surface area contributed by atoms with Crippen molar-refractivity contribution in [3.8, 4) is 11.5 Å². The van der Waals surface area contributed by atoms with Crippen LogP contribution in [0.5, 0.6) is 11.5 Å². The van der Waals surface area contributed by atoms with Crippen LogP contribution in [0, 0.1) is 102 Å². The van der Waals surface area contributed by atoms with Crippen LogP contribution in [0.2, 0.25) is 0 Å². The molecule has 0 aliphatic heterocycles. The second-order valence-electron chi connectivity index (χ2n) is 19.3. The standard InChI is InChI=1S/C34H40N2O2.2C10H20.2CH3.4ClH.2Ti/c1-25-17-31(18-26(2)33(25)37)23-35(21-29-11-7-5-8-12-29)15-16-36(22-30-13-9-6-10-14-30)24-32-19-27(3)34(38)28(4)20-32;2*1-6-7(2)9(4)10(5)8(6)3;;;;;;;;/h5-14,17-20,37-38H,15-16,21-24H2,1-4H3;2*6-10H,1-5H3;2*1H3;4*1H;;/q;;;2*-1;;;;;2*+2/p-4. The van der Waals surface area contributed by atoms with Crippen LogP contribution < -0.4 is 0 Å². The first-order chi connectivity index (χ1) is 30.2. The van der Waals surface area contributed by atoms with Crippen LogP contribution in [0.15, 0.2) is 84.9 Å². The van der Waals surface area contributed by atoms with Gasteiger partial charge in [0, 0.05) is 39.3 Å². The van der Waals surface area contributed by atoms with Crippen LogP contribution in [0.4, 0.5) is 0 Å². The van der Waals surface area contributed by atoms with Gasteiger partial charge in [0.1, 0.15) is 11.5 Å². The van der Waals surface area contributed by atoms with Crippen LogP contribution >= 0.6 is 37.2 Å². The first-order valence-corrected chi connectivity index (χ1v) is 31.8. The van der Waals surface area contributed by atoms with Crippen LogP contribution in [0.1, 0.15) is 114 Å². The van der Waals surface area contributed by atoms with E-state index in [1.54, 1.807) is 0 Å². The van der Waals surface area contributed by atoms with Crippen molar-refractivity contribution in [2.45, 2.75) is 123 Å². The Morgan fingerprint density at radius 2 is 0.561 bits per heavy atom. The van der Waals surface area contributed by atoms with Crippen molar-refractivity contribution in [3.63, 3.8) is 0 Å². The summed E-state index contributed by atoms with van der Waals surface area (Å²) in [5.74, 6) is 10.1. The Morgan fingerprint density at radius 1 is 0.379 bits per heavy atom. The predicted molar refractivity (Wildman–Crippen MR) is 284 cm³/mol. The zero-order valence-electron chi connectivity index (χ0n) is 43.4. The number of hydrogen-bond donors (Lipinski definition) is 2. The molecule has 0 amide bonds. The van der Waals surface area contributed by atoms with Gasteiger partial charge >= 0.3 is 71.3 Å². The number of rotatable bonds is 11. The van der Waals surface area contributed by atoms with Crippen molar-refractivity contribution in [2.24, 2.45) is 59.2 Å². The number of benzene rings is 4. The minimum atomic E-state index is -0.556. The fraction of sp³-hybridized carbons (Fsp3) is 0.536. The van der Waals surface area contributed by atoms with Crippen molar-refractivity contribution < 1.29 is 44.3 Å². The Balaban J connectivity index is 0.00000123. The van der Waals surface area contributed by atoms with Gasteiger partial charge in [-0.25, -0.2) is 0 Å². The third-order valence-corrected chi connectivity index (χ3v) is 15.4. The zero-order chi connectivity index (χ0) is 48.3. The molecule has 2 aliphatic carbocycles. The molecule has 4 aromatic rings. The molecule has 2 fully saturated rings. The summed E-state index contributed by atoms with van der Waals surface area (Å²) < 4.78 is 0. The molecule has 0 spiro atoms. The Bertz CT molecular complexity index is 1630. The summed E-state index contributed by atoms with van der Waals surface area (Å²) in [6, 6.07) is 29.6. The summed E-state index contributed by atoms with van der Waals surface area (Å²) in [5, 5.41) is 20.6. The molecule has 0 bridgehead atoms. The van der Waals surface area contributed by atoms with Gasteiger partial charge in [0.15, 0.2) is 0 Å². The van der Waals surface area contributed by atoms with E-state index in [4.69, 9.17) is 37.2 Å².